The molecule has 0 bridgehead atoms. The lowest BCUT2D eigenvalue weighted by molar-refractivity contribution is -0.131. The zero-order valence-electron chi connectivity index (χ0n) is 16.8. The van der Waals surface area contributed by atoms with Crippen LogP contribution in [0.3, 0.4) is 0 Å². The molecule has 2 heterocycles. The molecule has 0 spiro atoms. The van der Waals surface area contributed by atoms with Crippen LogP contribution in [0.2, 0.25) is 0 Å². The largest absolute Gasteiger partial charge is 0.508 e. The zero-order valence-corrected chi connectivity index (χ0v) is 16.8. The van der Waals surface area contributed by atoms with Crippen molar-refractivity contribution in [2.24, 2.45) is 4.99 Å². The van der Waals surface area contributed by atoms with E-state index in [2.05, 4.69) is 43.9 Å². The van der Waals surface area contributed by atoms with Crippen molar-refractivity contribution in [1.29, 1.82) is 0 Å². The van der Waals surface area contributed by atoms with E-state index in [1.165, 1.54) is 11.1 Å². The standard InChI is InChI=1S/C23H32N2O2/c1-4-13-25-15-19(10-12-23(3)11-9-16(2)24-23)27-22-20-14-18(26)7-5-17(20)6-8-21(22)25/h5,7,9,11,14,19,21-22,26H,4,6,8,10,12-13,15H2,1-3H3/t19?,21-,22-,23?/m1/s1. The van der Waals surface area contributed by atoms with Gasteiger partial charge in [-0.05, 0) is 81.8 Å². The molecule has 1 N–H and O–H groups in total. The Morgan fingerprint density at radius 1 is 1.37 bits per heavy atom. The summed E-state index contributed by atoms with van der Waals surface area (Å²) >= 11 is 0. The molecule has 0 radical (unpaired) electrons. The fourth-order valence-electron chi connectivity index (χ4n) is 5.00. The summed E-state index contributed by atoms with van der Waals surface area (Å²) in [6.45, 7) is 8.65. The van der Waals surface area contributed by atoms with Gasteiger partial charge in [-0.1, -0.05) is 19.1 Å². The van der Waals surface area contributed by atoms with Crippen molar-refractivity contribution < 1.29 is 9.84 Å². The molecule has 1 aromatic rings. The summed E-state index contributed by atoms with van der Waals surface area (Å²) in [6, 6.07) is 6.22. The van der Waals surface area contributed by atoms with Crippen LogP contribution in [0.4, 0.5) is 0 Å². The SMILES string of the molecule is CCCN1CC(CCC2(C)C=CC(C)=N2)O[C@@H]2c3cc(O)ccc3CC[C@H]21. The van der Waals surface area contributed by atoms with E-state index in [9.17, 15) is 5.11 Å². The van der Waals surface area contributed by atoms with Crippen LogP contribution in [0.25, 0.3) is 0 Å². The van der Waals surface area contributed by atoms with Gasteiger partial charge in [-0.25, -0.2) is 0 Å². The van der Waals surface area contributed by atoms with Crippen molar-refractivity contribution in [2.75, 3.05) is 13.1 Å². The molecule has 4 heteroatoms. The van der Waals surface area contributed by atoms with E-state index in [-0.39, 0.29) is 17.7 Å². The molecular formula is C23H32N2O2. The van der Waals surface area contributed by atoms with Crippen LogP contribution in [0.5, 0.6) is 5.75 Å². The highest BCUT2D eigenvalue weighted by atomic mass is 16.5. The maximum atomic E-state index is 10.0. The Labute approximate surface area is 162 Å². The lowest BCUT2D eigenvalue weighted by atomic mass is 9.83. The van der Waals surface area contributed by atoms with Gasteiger partial charge in [0.1, 0.15) is 5.75 Å². The smallest absolute Gasteiger partial charge is 0.115 e. The van der Waals surface area contributed by atoms with E-state index in [4.69, 9.17) is 9.73 Å². The molecule has 0 amide bonds. The Kier molecular flexibility index (Phi) is 5.13. The van der Waals surface area contributed by atoms with Crippen LogP contribution in [-0.2, 0) is 11.2 Å². The number of phenols is 1. The van der Waals surface area contributed by atoms with Crippen molar-refractivity contribution in [3.8, 4) is 5.75 Å². The third kappa shape index (κ3) is 3.83. The number of rotatable bonds is 5. The molecule has 4 rings (SSSR count). The Morgan fingerprint density at radius 2 is 2.22 bits per heavy atom. The van der Waals surface area contributed by atoms with Crippen molar-refractivity contribution in [1.82, 2.24) is 4.90 Å². The van der Waals surface area contributed by atoms with Gasteiger partial charge in [0.2, 0.25) is 0 Å². The van der Waals surface area contributed by atoms with Gasteiger partial charge < -0.3 is 9.84 Å². The molecule has 0 aromatic heterocycles. The van der Waals surface area contributed by atoms with Crippen LogP contribution in [0, 0.1) is 0 Å². The van der Waals surface area contributed by atoms with E-state index in [1.54, 1.807) is 6.07 Å². The normalized spacial score (nSPS) is 32.9. The van der Waals surface area contributed by atoms with E-state index in [0.29, 0.717) is 11.8 Å². The number of fused-ring (bicyclic) bond motifs is 3. The Bertz CT molecular complexity index is 757. The number of aryl methyl sites for hydroxylation is 1. The summed E-state index contributed by atoms with van der Waals surface area (Å²) in [5, 5.41) is 10.0. The number of ether oxygens (including phenoxy) is 1. The minimum absolute atomic E-state index is 0.0725. The predicted molar refractivity (Wildman–Crippen MR) is 110 cm³/mol. The molecule has 2 unspecified atom stereocenters. The van der Waals surface area contributed by atoms with E-state index >= 15 is 0 Å². The van der Waals surface area contributed by atoms with Gasteiger partial charge in [0.05, 0.1) is 17.7 Å². The van der Waals surface area contributed by atoms with E-state index < -0.39 is 0 Å². The molecular weight excluding hydrogens is 336 g/mol. The molecule has 146 valence electrons. The highest BCUT2D eigenvalue weighted by Crippen LogP contribution is 2.42. The predicted octanol–water partition coefficient (Wildman–Crippen LogP) is 4.43. The van der Waals surface area contributed by atoms with E-state index in [1.807, 2.05) is 6.07 Å². The summed E-state index contributed by atoms with van der Waals surface area (Å²) in [7, 11) is 0. The monoisotopic (exact) mass is 368 g/mol. The topological polar surface area (TPSA) is 45.1 Å². The molecule has 0 saturated carbocycles. The number of hydrogen-bond donors (Lipinski definition) is 1. The molecule has 3 aliphatic rings. The summed E-state index contributed by atoms with van der Waals surface area (Å²) in [6.07, 6.45) is 10.0. The highest BCUT2D eigenvalue weighted by molar-refractivity contribution is 5.95. The summed E-state index contributed by atoms with van der Waals surface area (Å²) in [5.74, 6) is 0.343. The van der Waals surface area contributed by atoms with Crippen molar-refractivity contribution in [2.45, 2.75) is 76.7 Å². The number of phenolic OH excluding ortho intramolecular Hbond substituents is 1. The van der Waals surface area contributed by atoms with Gasteiger partial charge in [0.15, 0.2) is 0 Å². The quantitative estimate of drug-likeness (QED) is 0.836. The number of aliphatic imine (C=N–C) groups is 1. The second kappa shape index (κ2) is 7.40. The second-order valence-corrected chi connectivity index (χ2v) is 8.65. The molecule has 1 saturated heterocycles. The average molecular weight is 369 g/mol. The summed E-state index contributed by atoms with van der Waals surface area (Å²) in [4.78, 5) is 7.42. The van der Waals surface area contributed by atoms with Gasteiger partial charge in [0, 0.05) is 18.3 Å². The molecule has 2 aliphatic heterocycles. The van der Waals surface area contributed by atoms with Crippen LogP contribution < -0.4 is 0 Å². The van der Waals surface area contributed by atoms with Crippen molar-refractivity contribution in [3.63, 3.8) is 0 Å². The first-order valence-corrected chi connectivity index (χ1v) is 10.4. The minimum atomic E-state index is -0.0807. The minimum Gasteiger partial charge on any atom is -0.508 e. The average Bonchev–Trinajstić information content (AvgIpc) is 2.99. The zero-order chi connectivity index (χ0) is 19.0. The Hall–Kier alpha value is -1.65. The Balaban J connectivity index is 1.53. The molecule has 1 fully saturated rings. The first-order chi connectivity index (χ1) is 13.0. The van der Waals surface area contributed by atoms with Crippen molar-refractivity contribution in [3.05, 3.63) is 41.5 Å². The van der Waals surface area contributed by atoms with E-state index in [0.717, 1.165) is 50.9 Å². The third-order valence-electron chi connectivity index (χ3n) is 6.34. The third-order valence-corrected chi connectivity index (χ3v) is 6.34. The number of morpholine rings is 1. The lowest BCUT2D eigenvalue weighted by Crippen LogP contribution is -2.53. The lowest BCUT2D eigenvalue weighted by Gasteiger charge is -2.48. The van der Waals surface area contributed by atoms with Crippen LogP contribution in [-0.4, -0.2) is 46.5 Å². The molecule has 4 atom stereocenters. The maximum Gasteiger partial charge on any atom is 0.115 e. The highest BCUT2D eigenvalue weighted by Gasteiger charge is 2.41. The summed E-state index contributed by atoms with van der Waals surface area (Å²) < 4.78 is 6.65. The van der Waals surface area contributed by atoms with Gasteiger partial charge in [-0.2, -0.15) is 0 Å². The Morgan fingerprint density at radius 3 is 2.96 bits per heavy atom. The number of allylic oxidation sites excluding steroid dienone is 1. The first kappa shape index (κ1) is 18.7. The first-order valence-electron chi connectivity index (χ1n) is 10.4. The van der Waals surface area contributed by atoms with Gasteiger partial charge in [0.25, 0.3) is 0 Å². The van der Waals surface area contributed by atoms with Crippen molar-refractivity contribution >= 4 is 5.71 Å². The molecule has 27 heavy (non-hydrogen) atoms. The van der Waals surface area contributed by atoms with Gasteiger partial charge in [-0.3, -0.25) is 9.89 Å². The van der Waals surface area contributed by atoms with Crippen LogP contribution in [0.15, 0.2) is 35.3 Å². The fraction of sp³-hybridized carbons (Fsp3) is 0.609. The molecule has 4 nitrogen and oxygen atoms in total. The van der Waals surface area contributed by atoms with Crippen LogP contribution in [0.1, 0.15) is 63.7 Å². The molecule has 1 aromatic carbocycles. The maximum absolute atomic E-state index is 10.0. The summed E-state index contributed by atoms with van der Waals surface area (Å²) in [5.41, 5.74) is 3.56. The number of nitrogens with zero attached hydrogens (tertiary/aromatic N) is 2. The van der Waals surface area contributed by atoms with Crippen LogP contribution >= 0.6 is 0 Å². The van der Waals surface area contributed by atoms with Gasteiger partial charge >= 0.3 is 0 Å². The second-order valence-electron chi connectivity index (χ2n) is 8.65. The number of benzene rings is 1. The molecule has 1 aliphatic carbocycles. The van der Waals surface area contributed by atoms with Gasteiger partial charge in [-0.15, -0.1) is 0 Å². The number of aromatic hydroxyl groups is 1. The number of hydrogen-bond acceptors (Lipinski definition) is 4. The fourth-order valence-corrected chi connectivity index (χ4v) is 5.00.